The number of rotatable bonds is 10. The number of allylic oxidation sites excluding steroid dienone is 1. The van der Waals surface area contributed by atoms with Crippen molar-refractivity contribution in [3.8, 4) is 11.5 Å². The molecule has 386 valence electrons. The highest BCUT2D eigenvalue weighted by Crippen LogP contribution is 2.69. The number of esters is 1. The molecule has 0 radical (unpaired) electrons. The normalized spacial score (nSPS) is 42.5. The smallest absolute Gasteiger partial charge is 0.306 e. The molecule has 4 heterocycles. The van der Waals surface area contributed by atoms with Gasteiger partial charge in [0.25, 0.3) is 0 Å². The van der Waals surface area contributed by atoms with Crippen LogP contribution in [0.2, 0.25) is 0 Å². The Morgan fingerprint density at radius 2 is 1.87 bits per heavy atom. The number of hydrogen-bond donors (Lipinski definition) is 9. The lowest BCUT2D eigenvalue weighted by Crippen LogP contribution is -2.86. The fourth-order valence-electron chi connectivity index (χ4n) is 14.8. The van der Waals surface area contributed by atoms with Crippen LogP contribution in [0.15, 0.2) is 35.0 Å². The van der Waals surface area contributed by atoms with Gasteiger partial charge < -0.3 is 69.7 Å². The first kappa shape index (κ1) is 51.8. The summed E-state index contributed by atoms with van der Waals surface area (Å²) in [6.07, 6.45) is 8.81. The second kappa shape index (κ2) is 21.0. The lowest BCUT2D eigenvalue weighted by molar-refractivity contribution is -0.424. The molecule has 3 spiro atoms. The predicted octanol–water partition coefficient (Wildman–Crippen LogP) is 5.02. The van der Waals surface area contributed by atoms with Crippen LogP contribution in [0.4, 0.5) is 0 Å². The number of benzene rings is 1. The first-order chi connectivity index (χ1) is 33.2. The predicted molar refractivity (Wildman–Crippen MR) is 264 cm³/mol. The summed E-state index contributed by atoms with van der Waals surface area (Å²) in [6, 6.07) is 3.64. The van der Waals surface area contributed by atoms with Crippen molar-refractivity contribution in [2.75, 3.05) is 52.3 Å². The van der Waals surface area contributed by atoms with E-state index in [1.165, 1.54) is 0 Å². The number of fused-ring (bicyclic) bond motifs is 11. The largest absolute Gasteiger partial charge is 0.485 e. The van der Waals surface area contributed by atoms with E-state index in [0.29, 0.717) is 47.8 Å². The van der Waals surface area contributed by atoms with Crippen LogP contribution in [-0.2, 0) is 20.7 Å². The summed E-state index contributed by atoms with van der Waals surface area (Å²) < 4.78 is 32.3. The van der Waals surface area contributed by atoms with E-state index >= 15 is 0 Å². The third-order valence-electron chi connectivity index (χ3n) is 18.1. The monoisotopic (exact) mass is 1000 g/mol. The van der Waals surface area contributed by atoms with E-state index in [1.54, 1.807) is 53.0 Å². The van der Waals surface area contributed by atoms with Crippen LogP contribution in [-0.4, -0.2) is 146 Å². The fraction of sp³-hybridized carbons (Fsp3) is 0.788. The Kier molecular flexibility index (Phi) is 15.8. The Hall–Kier alpha value is -2.13. The number of ether oxygens (including phenoxy) is 4. The number of carbonyl (C=O) groups excluding carboxylic acids is 1. The molecule has 9 N–H and O–H groups in total. The highest BCUT2D eigenvalue weighted by Gasteiger charge is 2.78. The van der Waals surface area contributed by atoms with Crippen molar-refractivity contribution in [1.29, 1.82) is 0 Å². The molecule has 1 aromatic carbocycles. The minimum Gasteiger partial charge on any atom is -0.485 e. The van der Waals surface area contributed by atoms with Crippen LogP contribution in [0.5, 0.6) is 11.5 Å². The van der Waals surface area contributed by atoms with Gasteiger partial charge in [-0.05, 0) is 144 Å². The third kappa shape index (κ3) is 8.99. The molecule has 7 aliphatic rings. The first-order valence-electron chi connectivity index (χ1n) is 26.0. The molecular formula is C52H78N2O13S2. The minimum absolute atomic E-state index is 0.0118. The van der Waals surface area contributed by atoms with Crippen molar-refractivity contribution >= 4 is 38.5 Å². The molecule has 1 aromatic heterocycles. The number of aliphatic hydroxyl groups is 7. The topological polar surface area (TPSA) is 233 Å². The van der Waals surface area contributed by atoms with Crippen LogP contribution < -0.4 is 20.1 Å². The second-order valence-electron chi connectivity index (χ2n) is 21.9. The zero-order valence-electron chi connectivity index (χ0n) is 40.7. The van der Waals surface area contributed by atoms with Gasteiger partial charge in [0.15, 0.2) is 16.9 Å². The Labute approximate surface area is 414 Å². The van der Waals surface area contributed by atoms with Gasteiger partial charge in [0.1, 0.15) is 23.9 Å². The van der Waals surface area contributed by atoms with Crippen molar-refractivity contribution in [1.82, 2.24) is 10.6 Å². The Bertz CT molecular complexity index is 2130. The van der Waals surface area contributed by atoms with E-state index in [4.69, 9.17) is 23.4 Å². The molecule has 15 nitrogen and oxygen atoms in total. The van der Waals surface area contributed by atoms with Crippen molar-refractivity contribution in [3.05, 3.63) is 36.1 Å². The SMILES string of the molecule is CCOC(=O)CCc1cc2ccoc2c2c1O[C@@H]1O[C@@]3(CSS[C@]4(CC[C@]5(CC[C@H](CNC)C5)[C@H]4CCCO)[C@H](CC[C@H](C)CCC[C@H]3O)NCCO2)[C@]2(O)C[C@@H]3C=C[C@@H](O)[C@@H](CO)[C@H]3[C@@]1(O)[C@H]2O. The molecule has 9 rings (SSSR count). The lowest BCUT2D eigenvalue weighted by Gasteiger charge is -2.67. The highest BCUT2D eigenvalue weighted by molar-refractivity contribution is 8.77. The molecule has 2 saturated heterocycles. The van der Waals surface area contributed by atoms with E-state index in [2.05, 4.69) is 17.6 Å². The van der Waals surface area contributed by atoms with Gasteiger partial charge in [-0.25, -0.2) is 0 Å². The number of carbonyl (C=O) groups is 1. The summed E-state index contributed by atoms with van der Waals surface area (Å²) >= 11 is 0. The molecule has 16 atom stereocenters. The standard InChI is InChI=1S/C52H78N2O13S2/c1-4-63-41(59)15-12-33-25-34-17-23-64-43(34)45-44(33)66-47-52(62)42-35(11-13-37(57)36(42)29-56)27-50(61,46(52)60)51(67-47)30-68-69-49(39(54-21-24-65-45)14-10-31(2)7-5-9-40(51)58)20-19-48(38(49)8-6-22-55)18-16-32(26-48)28-53-3/h11,13,17,23,25,31-32,35-40,42,46-47,53-58,60-62H,4-10,12,14-16,18-22,24,26-30H2,1-3H3/t31-,32+,35+,36-,37-,38-,39+,40-,42+,46+,47-,48+,49+,50+,51-,52-/m1/s1. The second-order valence-corrected chi connectivity index (χ2v) is 24.5. The summed E-state index contributed by atoms with van der Waals surface area (Å²) in [4.78, 5) is 13.0. The van der Waals surface area contributed by atoms with Gasteiger partial charge in [-0.15, -0.1) is 0 Å². The summed E-state index contributed by atoms with van der Waals surface area (Å²) in [5.74, 6) is -1.80. The molecule has 17 heteroatoms. The summed E-state index contributed by atoms with van der Waals surface area (Å²) in [7, 11) is 5.37. The molecule has 5 fully saturated rings. The molecule has 0 unspecified atom stereocenters. The zero-order valence-corrected chi connectivity index (χ0v) is 42.3. The zero-order chi connectivity index (χ0) is 48.8. The number of aryl methyl sites for hydroxylation is 1. The van der Waals surface area contributed by atoms with Gasteiger partial charge >= 0.3 is 5.97 Å². The quantitative estimate of drug-likeness (QED) is 0.0864. The van der Waals surface area contributed by atoms with E-state index in [0.717, 1.165) is 64.3 Å². The Morgan fingerprint density at radius 1 is 1.03 bits per heavy atom. The maximum atomic E-state index is 13.6. The Morgan fingerprint density at radius 3 is 2.65 bits per heavy atom. The number of aliphatic hydroxyl groups excluding tert-OH is 5. The van der Waals surface area contributed by atoms with Crippen molar-refractivity contribution < 1.29 is 63.9 Å². The highest BCUT2D eigenvalue weighted by atomic mass is 33.1. The van der Waals surface area contributed by atoms with Gasteiger partial charge in [0.05, 0.1) is 25.1 Å². The number of nitrogens with one attached hydrogen (secondary N) is 2. The molecule has 3 saturated carbocycles. The van der Waals surface area contributed by atoms with Crippen LogP contribution in [0.25, 0.3) is 11.0 Å². The lowest BCUT2D eigenvalue weighted by atomic mass is 9.50. The molecule has 69 heavy (non-hydrogen) atoms. The number of furan rings is 1. The van der Waals surface area contributed by atoms with E-state index in [-0.39, 0.29) is 84.9 Å². The number of hydrogen-bond acceptors (Lipinski definition) is 17. The maximum Gasteiger partial charge on any atom is 0.306 e. The van der Waals surface area contributed by atoms with Gasteiger partial charge in [0, 0.05) is 59.9 Å². The fourth-order valence-corrected chi connectivity index (χ4v) is 19.0. The molecule has 2 aromatic rings. The van der Waals surface area contributed by atoms with Gasteiger partial charge in [0.2, 0.25) is 12.0 Å². The average molecular weight is 1000 g/mol. The summed E-state index contributed by atoms with van der Waals surface area (Å²) in [5, 5.41) is 94.2. The van der Waals surface area contributed by atoms with Gasteiger partial charge in [-0.2, -0.15) is 0 Å². The maximum absolute atomic E-state index is 13.6. The molecular weight excluding hydrogens is 925 g/mol. The van der Waals surface area contributed by atoms with Crippen LogP contribution in [0, 0.1) is 40.9 Å². The first-order valence-corrected chi connectivity index (χ1v) is 28.3. The summed E-state index contributed by atoms with van der Waals surface area (Å²) in [5.41, 5.74) is -5.75. The molecule has 4 aliphatic carbocycles. The van der Waals surface area contributed by atoms with Crippen molar-refractivity contribution in [2.24, 2.45) is 40.9 Å². The van der Waals surface area contributed by atoms with E-state index < -0.39 is 71.7 Å². The molecule has 5 bridgehead atoms. The van der Waals surface area contributed by atoms with E-state index in [1.807, 2.05) is 13.1 Å². The minimum atomic E-state index is -2.48. The van der Waals surface area contributed by atoms with Crippen molar-refractivity contribution in [3.63, 3.8) is 0 Å². The Balaban J connectivity index is 1.25. The van der Waals surface area contributed by atoms with Crippen LogP contribution in [0.3, 0.4) is 0 Å². The summed E-state index contributed by atoms with van der Waals surface area (Å²) in [6.45, 7) is 5.34. The molecule has 0 amide bonds. The molecule has 3 aliphatic heterocycles. The van der Waals surface area contributed by atoms with Crippen LogP contribution in [0.1, 0.15) is 109 Å². The van der Waals surface area contributed by atoms with Gasteiger partial charge in [-0.1, -0.05) is 53.5 Å². The van der Waals surface area contributed by atoms with Crippen LogP contribution >= 0.6 is 21.6 Å². The average Bonchev–Trinajstić information content (AvgIpc) is 4.05. The third-order valence-corrected chi connectivity index (χ3v) is 21.5. The van der Waals surface area contributed by atoms with Crippen molar-refractivity contribution in [2.45, 2.75) is 162 Å². The van der Waals surface area contributed by atoms with Gasteiger partial charge in [-0.3, -0.25) is 4.79 Å². The van der Waals surface area contributed by atoms with E-state index in [9.17, 15) is 40.5 Å².